The summed E-state index contributed by atoms with van der Waals surface area (Å²) in [7, 11) is 0. The zero-order valence-electron chi connectivity index (χ0n) is 13.7. The van der Waals surface area contributed by atoms with Gasteiger partial charge in [0.1, 0.15) is 12.4 Å². The zero-order valence-corrected chi connectivity index (χ0v) is 13.7. The summed E-state index contributed by atoms with van der Waals surface area (Å²) in [5, 5.41) is 11.7. The van der Waals surface area contributed by atoms with Gasteiger partial charge in [-0.1, -0.05) is 25.1 Å². The standard InChI is InChI=1S/C19H17NO5/c1-2-11-8-14(21)7-6-13(11)10-25-16(22)9-12-4-3-5-15-17(12)19(24)20-18(15)23/h3-8,21H,2,9-10H2,1H3,(H,20,23,24). The van der Waals surface area contributed by atoms with E-state index >= 15 is 0 Å². The maximum atomic E-state index is 12.2. The summed E-state index contributed by atoms with van der Waals surface area (Å²) >= 11 is 0. The van der Waals surface area contributed by atoms with Gasteiger partial charge in [-0.2, -0.15) is 0 Å². The highest BCUT2D eigenvalue weighted by atomic mass is 16.5. The highest BCUT2D eigenvalue weighted by molar-refractivity contribution is 6.22. The molecule has 0 radical (unpaired) electrons. The quantitative estimate of drug-likeness (QED) is 0.643. The van der Waals surface area contributed by atoms with Crippen molar-refractivity contribution in [2.24, 2.45) is 0 Å². The van der Waals surface area contributed by atoms with E-state index in [-0.39, 0.29) is 29.9 Å². The molecule has 1 aliphatic heterocycles. The smallest absolute Gasteiger partial charge is 0.310 e. The van der Waals surface area contributed by atoms with Crippen LogP contribution in [0.15, 0.2) is 36.4 Å². The third-order valence-electron chi connectivity index (χ3n) is 4.14. The number of imide groups is 1. The first-order chi connectivity index (χ1) is 12.0. The minimum Gasteiger partial charge on any atom is -0.508 e. The van der Waals surface area contributed by atoms with Crippen molar-refractivity contribution in [2.45, 2.75) is 26.4 Å². The van der Waals surface area contributed by atoms with Crippen molar-refractivity contribution in [3.05, 3.63) is 64.2 Å². The van der Waals surface area contributed by atoms with E-state index in [1.165, 1.54) is 0 Å². The summed E-state index contributed by atoms with van der Waals surface area (Å²) in [4.78, 5) is 35.7. The second-order valence-corrected chi connectivity index (χ2v) is 5.77. The van der Waals surface area contributed by atoms with Gasteiger partial charge >= 0.3 is 5.97 Å². The van der Waals surface area contributed by atoms with Crippen LogP contribution in [0.1, 0.15) is 44.3 Å². The van der Waals surface area contributed by atoms with Crippen LogP contribution < -0.4 is 5.32 Å². The first-order valence-corrected chi connectivity index (χ1v) is 7.93. The number of phenols is 1. The molecule has 0 bridgehead atoms. The monoisotopic (exact) mass is 339 g/mol. The average molecular weight is 339 g/mol. The molecule has 3 rings (SSSR count). The molecule has 6 heteroatoms. The first-order valence-electron chi connectivity index (χ1n) is 7.93. The second-order valence-electron chi connectivity index (χ2n) is 5.77. The SMILES string of the molecule is CCc1cc(O)ccc1COC(=O)Cc1cccc2c1C(=O)NC2=O. The summed E-state index contributed by atoms with van der Waals surface area (Å²) < 4.78 is 5.30. The Morgan fingerprint density at radius 3 is 2.64 bits per heavy atom. The molecule has 0 unspecified atom stereocenters. The number of amides is 2. The summed E-state index contributed by atoms with van der Waals surface area (Å²) in [6.45, 7) is 2.03. The summed E-state index contributed by atoms with van der Waals surface area (Å²) in [5.74, 6) is -1.26. The molecule has 0 aliphatic carbocycles. The van der Waals surface area contributed by atoms with Crippen LogP contribution in [0.2, 0.25) is 0 Å². The maximum Gasteiger partial charge on any atom is 0.310 e. The van der Waals surface area contributed by atoms with Gasteiger partial charge in [0.05, 0.1) is 17.5 Å². The molecular formula is C19H17NO5. The summed E-state index contributed by atoms with van der Waals surface area (Å²) in [6, 6.07) is 9.72. The Labute approximate surface area is 144 Å². The van der Waals surface area contributed by atoms with Crippen molar-refractivity contribution < 1.29 is 24.2 Å². The summed E-state index contributed by atoms with van der Waals surface area (Å²) in [5.41, 5.74) is 2.70. The van der Waals surface area contributed by atoms with Crippen molar-refractivity contribution in [1.82, 2.24) is 5.32 Å². The van der Waals surface area contributed by atoms with Crippen LogP contribution in [-0.4, -0.2) is 22.9 Å². The van der Waals surface area contributed by atoms with Gasteiger partial charge in [-0.15, -0.1) is 0 Å². The molecule has 1 aliphatic rings. The highest BCUT2D eigenvalue weighted by Gasteiger charge is 2.29. The van der Waals surface area contributed by atoms with Crippen molar-refractivity contribution in [3.8, 4) is 5.75 Å². The predicted molar refractivity (Wildman–Crippen MR) is 89.2 cm³/mol. The lowest BCUT2D eigenvalue weighted by atomic mass is 10.0. The van der Waals surface area contributed by atoms with Gasteiger partial charge in [0.25, 0.3) is 11.8 Å². The van der Waals surface area contributed by atoms with Gasteiger partial charge in [-0.25, -0.2) is 0 Å². The Bertz CT molecular complexity index is 872. The Balaban J connectivity index is 1.71. The van der Waals surface area contributed by atoms with Crippen molar-refractivity contribution in [2.75, 3.05) is 0 Å². The second kappa shape index (κ2) is 6.76. The highest BCUT2D eigenvalue weighted by Crippen LogP contribution is 2.22. The topological polar surface area (TPSA) is 92.7 Å². The molecule has 0 spiro atoms. The Kier molecular flexibility index (Phi) is 4.52. The number of fused-ring (bicyclic) bond motifs is 1. The number of phenolic OH excluding ortho intramolecular Hbond substituents is 1. The zero-order chi connectivity index (χ0) is 18.0. The minimum atomic E-state index is -0.491. The number of carbonyl (C=O) groups is 3. The molecule has 6 nitrogen and oxygen atoms in total. The van der Waals surface area contributed by atoms with Gasteiger partial charge in [0, 0.05) is 0 Å². The number of benzene rings is 2. The molecule has 2 N–H and O–H groups in total. The van der Waals surface area contributed by atoms with Crippen LogP contribution in [0.3, 0.4) is 0 Å². The number of hydrogen-bond acceptors (Lipinski definition) is 5. The number of ether oxygens (including phenoxy) is 1. The molecule has 1 heterocycles. The molecule has 0 atom stereocenters. The third-order valence-corrected chi connectivity index (χ3v) is 4.14. The van der Waals surface area contributed by atoms with E-state index in [9.17, 15) is 19.5 Å². The van der Waals surface area contributed by atoms with E-state index in [4.69, 9.17) is 4.74 Å². The number of carbonyl (C=O) groups excluding carboxylic acids is 3. The van der Waals surface area contributed by atoms with E-state index in [1.54, 1.807) is 36.4 Å². The first kappa shape index (κ1) is 16.7. The third kappa shape index (κ3) is 3.38. The molecule has 128 valence electrons. The lowest BCUT2D eigenvalue weighted by Crippen LogP contribution is -2.20. The van der Waals surface area contributed by atoms with Crippen LogP contribution in [0, 0.1) is 0 Å². The molecule has 2 amide bonds. The Morgan fingerprint density at radius 2 is 1.88 bits per heavy atom. The van der Waals surface area contributed by atoms with Crippen molar-refractivity contribution in [3.63, 3.8) is 0 Å². The molecule has 0 aromatic heterocycles. The largest absolute Gasteiger partial charge is 0.508 e. The predicted octanol–water partition coefficient (Wildman–Crippen LogP) is 2.12. The molecular weight excluding hydrogens is 322 g/mol. The fourth-order valence-corrected chi connectivity index (χ4v) is 2.88. The molecule has 25 heavy (non-hydrogen) atoms. The van der Waals surface area contributed by atoms with E-state index in [0.29, 0.717) is 12.0 Å². The van der Waals surface area contributed by atoms with Crippen LogP contribution >= 0.6 is 0 Å². The number of hydrogen-bond donors (Lipinski definition) is 2. The van der Waals surface area contributed by atoms with Gasteiger partial charge in [0.15, 0.2) is 0 Å². The molecule has 0 saturated carbocycles. The number of rotatable bonds is 5. The van der Waals surface area contributed by atoms with E-state index < -0.39 is 17.8 Å². The van der Waals surface area contributed by atoms with Gasteiger partial charge in [-0.3, -0.25) is 19.7 Å². The van der Waals surface area contributed by atoms with Gasteiger partial charge < -0.3 is 9.84 Å². The average Bonchev–Trinajstić information content (AvgIpc) is 2.89. The van der Waals surface area contributed by atoms with Crippen LogP contribution in [-0.2, 0) is 29.0 Å². The minimum absolute atomic E-state index is 0.0858. The van der Waals surface area contributed by atoms with Crippen molar-refractivity contribution >= 4 is 17.8 Å². The van der Waals surface area contributed by atoms with E-state index in [2.05, 4.69) is 5.32 Å². The fraction of sp³-hybridized carbons (Fsp3) is 0.211. The van der Waals surface area contributed by atoms with Crippen LogP contribution in [0.5, 0.6) is 5.75 Å². The number of aryl methyl sites for hydroxylation is 1. The van der Waals surface area contributed by atoms with E-state index in [1.807, 2.05) is 6.92 Å². The Hall–Kier alpha value is -3.15. The normalized spacial score (nSPS) is 12.7. The van der Waals surface area contributed by atoms with Gasteiger partial charge in [-0.05, 0) is 41.3 Å². The lowest BCUT2D eigenvalue weighted by molar-refractivity contribution is -0.144. The van der Waals surface area contributed by atoms with Crippen LogP contribution in [0.4, 0.5) is 0 Å². The molecule has 0 saturated heterocycles. The molecule has 2 aromatic carbocycles. The fourth-order valence-electron chi connectivity index (χ4n) is 2.88. The molecule has 0 fully saturated rings. The molecule has 2 aromatic rings. The number of esters is 1. The van der Waals surface area contributed by atoms with E-state index in [0.717, 1.165) is 11.1 Å². The summed E-state index contributed by atoms with van der Waals surface area (Å²) in [6.07, 6.45) is 0.610. The lowest BCUT2D eigenvalue weighted by Gasteiger charge is -2.10. The number of aromatic hydroxyl groups is 1. The number of nitrogens with one attached hydrogen (secondary N) is 1. The van der Waals surface area contributed by atoms with Crippen LogP contribution in [0.25, 0.3) is 0 Å². The van der Waals surface area contributed by atoms with Crippen molar-refractivity contribution in [1.29, 1.82) is 0 Å². The Morgan fingerprint density at radius 1 is 1.08 bits per heavy atom. The maximum absolute atomic E-state index is 12.2. The van der Waals surface area contributed by atoms with Gasteiger partial charge in [0.2, 0.25) is 0 Å².